The zero-order valence-corrected chi connectivity index (χ0v) is 13.8. The average molecular weight is 340 g/mol. The first-order chi connectivity index (χ1) is 12.1. The standard InChI is InChI=1S/C18H20N4O3/c23-16(21-10-15-8-19-11-18(15,12-21)17(24)25)14-4-1-3-13(7-14)9-22-6-2-5-20-22/h1-7,15,19H,8-12H2,(H,24,25)/t15-,18-/m1/s1. The van der Waals surface area contributed by atoms with Gasteiger partial charge in [0.1, 0.15) is 5.41 Å². The second-order valence-corrected chi connectivity index (χ2v) is 6.88. The van der Waals surface area contributed by atoms with E-state index in [2.05, 4.69) is 10.4 Å². The molecule has 2 aliphatic heterocycles. The first kappa shape index (κ1) is 15.8. The summed E-state index contributed by atoms with van der Waals surface area (Å²) in [6.45, 7) is 2.43. The van der Waals surface area contributed by atoms with Gasteiger partial charge in [-0.1, -0.05) is 12.1 Å². The second kappa shape index (κ2) is 6.00. The molecule has 1 aromatic heterocycles. The van der Waals surface area contributed by atoms with Crippen LogP contribution in [0.15, 0.2) is 42.7 Å². The number of fused-ring (bicyclic) bond motifs is 1. The number of carboxylic acid groups (broad SMARTS) is 1. The molecule has 2 aliphatic rings. The molecule has 4 rings (SSSR count). The van der Waals surface area contributed by atoms with Gasteiger partial charge in [0.25, 0.3) is 5.91 Å². The number of likely N-dealkylation sites (tertiary alicyclic amines) is 1. The molecule has 7 heteroatoms. The van der Waals surface area contributed by atoms with Gasteiger partial charge in [-0.3, -0.25) is 14.3 Å². The minimum absolute atomic E-state index is 0.0267. The van der Waals surface area contributed by atoms with Gasteiger partial charge < -0.3 is 15.3 Å². The lowest BCUT2D eigenvalue weighted by Gasteiger charge is -2.22. The molecular formula is C18H20N4O3. The number of nitrogens with one attached hydrogen (secondary N) is 1. The number of carbonyl (C=O) groups excluding carboxylic acids is 1. The normalized spacial score (nSPS) is 25.1. The van der Waals surface area contributed by atoms with Gasteiger partial charge in [0.2, 0.25) is 0 Å². The van der Waals surface area contributed by atoms with Crippen LogP contribution in [0.2, 0.25) is 0 Å². The predicted molar refractivity (Wildman–Crippen MR) is 90.1 cm³/mol. The lowest BCUT2D eigenvalue weighted by Crippen LogP contribution is -2.41. The highest BCUT2D eigenvalue weighted by Crippen LogP contribution is 2.39. The van der Waals surface area contributed by atoms with Crippen molar-refractivity contribution in [2.45, 2.75) is 6.54 Å². The summed E-state index contributed by atoms with van der Waals surface area (Å²) in [5.41, 5.74) is 0.740. The molecule has 130 valence electrons. The number of carboxylic acids is 1. The highest BCUT2D eigenvalue weighted by Gasteiger charge is 2.56. The largest absolute Gasteiger partial charge is 0.481 e. The Hall–Kier alpha value is -2.67. The Morgan fingerprint density at radius 1 is 1.36 bits per heavy atom. The van der Waals surface area contributed by atoms with E-state index in [1.54, 1.807) is 21.8 Å². The molecular weight excluding hydrogens is 320 g/mol. The van der Waals surface area contributed by atoms with Crippen molar-refractivity contribution in [3.05, 3.63) is 53.9 Å². The summed E-state index contributed by atoms with van der Waals surface area (Å²) in [7, 11) is 0. The molecule has 2 N–H and O–H groups in total. The van der Waals surface area contributed by atoms with Crippen LogP contribution in [0.4, 0.5) is 0 Å². The van der Waals surface area contributed by atoms with E-state index in [0.717, 1.165) is 5.56 Å². The maximum Gasteiger partial charge on any atom is 0.313 e. The van der Waals surface area contributed by atoms with Crippen LogP contribution in [0, 0.1) is 11.3 Å². The molecule has 0 saturated carbocycles. The summed E-state index contributed by atoms with van der Waals surface area (Å²) in [5, 5.41) is 17.0. The molecule has 1 amide bonds. The van der Waals surface area contributed by atoms with Gasteiger partial charge in [0, 0.05) is 50.1 Å². The van der Waals surface area contributed by atoms with E-state index in [4.69, 9.17) is 0 Å². The lowest BCUT2D eigenvalue weighted by molar-refractivity contribution is -0.148. The number of carbonyl (C=O) groups is 2. The quantitative estimate of drug-likeness (QED) is 0.854. The minimum Gasteiger partial charge on any atom is -0.481 e. The number of aliphatic carboxylic acids is 1. The first-order valence-corrected chi connectivity index (χ1v) is 8.38. The molecule has 2 fully saturated rings. The first-order valence-electron chi connectivity index (χ1n) is 8.38. The number of aromatic nitrogens is 2. The van der Waals surface area contributed by atoms with Crippen LogP contribution >= 0.6 is 0 Å². The van der Waals surface area contributed by atoms with Crippen molar-refractivity contribution in [2.75, 3.05) is 26.2 Å². The van der Waals surface area contributed by atoms with Gasteiger partial charge in [-0.15, -0.1) is 0 Å². The summed E-state index contributed by atoms with van der Waals surface area (Å²) in [6.07, 6.45) is 3.59. The van der Waals surface area contributed by atoms with Crippen molar-refractivity contribution in [3.63, 3.8) is 0 Å². The van der Waals surface area contributed by atoms with E-state index in [1.807, 2.05) is 30.5 Å². The Kier molecular flexibility index (Phi) is 3.80. The summed E-state index contributed by atoms with van der Waals surface area (Å²) in [5.74, 6) is -0.941. The van der Waals surface area contributed by atoms with E-state index < -0.39 is 11.4 Å². The zero-order chi connectivity index (χ0) is 17.4. The highest BCUT2D eigenvalue weighted by molar-refractivity contribution is 5.95. The van der Waals surface area contributed by atoms with E-state index in [1.165, 1.54) is 0 Å². The summed E-state index contributed by atoms with van der Waals surface area (Å²) in [6, 6.07) is 9.33. The Labute approximate surface area is 145 Å². The number of hydrogen-bond acceptors (Lipinski definition) is 4. The maximum atomic E-state index is 12.9. The van der Waals surface area contributed by atoms with Crippen molar-refractivity contribution >= 4 is 11.9 Å². The Morgan fingerprint density at radius 3 is 2.96 bits per heavy atom. The zero-order valence-electron chi connectivity index (χ0n) is 13.8. The fourth-order valence-corrected chi connectivity index (χ4v) is 3.94. The van der Waals surface area contributed by atoms with Crippen molar-refractivity contribution in [3.8, 4) is 0 Å². The Balaban J connectivity index is 1.53. The molecule has 0 aliphatic carbocycles. The minimum atomic E-state index is -0.845. The monoisotopic (exact) mass is 340 g/mol. The van der Waals surface area contributed by atoms with E-state index in [9.17, 15) is 14.7 Å². The van der Waals surface area contributed by atoms with Gasteiger partial charge in [-0.05, 0) is 23.8 Å². The van der Waals surface area contributed by atoms with Crippen LogP contribution in [-0.4, -0.2) is 57.8 Å². The predicted octanol–water partition coefficient (Wildman–Crippen LogP) is 0.678. The van der Waals surface area contributed by atoms with Gasteiger partial charge >= 0.3 is 5.97 Å². The van der Waals surface area contributed by atoms with Crippen molar-refractivity contribution in [2.24, 2.45) is 11.3 Å². The van der Waals surface area contributed by atoms with Crippen molar-refractivity contribution in [1.29, 1.82) is 0 Å². The third-order valence-electron chi connectivity index (χ3n) is 5.32. The lowest BCUT2D eigenvalue weighted by atomic mass is 9.81. The number of hydrogen-bond donors (Lipinski definition) is 2. The molecule has 0 spiro atoms. The fourth-order valence-electron chi connectivity index (χ4n) is 3.94. The number of nitrogens with zero attached hydrogens (tertiary/aromatic N) is 3. The molecule has 1 aromatic carbocycles. The molecule has 2 aromatic rings. The molecule has 7 nitrogen and oxygen atoms in total. The SMILES string of the molecule is O=C(c1cccc(Cn2cccn2)c1)N1C[C@H]2CNC[C@@]2(C(=O)O)C1. The van der Waals surface area contributed by atoms with Crippen LogP contribution in [0.3, 0.4) is 0 Å². The maximum absolute atomic E-state index is 12.9. The Morgan fingerprint density at radius 2 is 2.24 bits per heavy atom. The fraction of sp³-hybridized carbons (Fsp3) is 0.389. The summed E-state index contributed by atoms with van der Waals surface area (Å²) in [4.78, 5) is 26.3. The summed E-state index contributed by atoms with van der Waals surface area (Å²) < 4.78 is 1.80. The molecule has 25 heavy (non-hydrogen) atoms. The molecule has 0 bridgehead atoms. The average Bonchev–Trinajstić information content (AvgIpc) is 3.29. The molecule has 3 heterocycles. The van der Waals surface area contributed by atoms with E-state index in [0.29, 0.717) is 31.7 Å². The van der Waals surface area contributed by atoms with Crippen LogP contribution in [0.25, 0.3) is 0 Å². The topological polar surface area (TPSA) is 87.5 Å². The summed E-state index contributed by atoms with van der Waals surface area (Å²) >= 11 is 0. The highest BCUT2D eigenvalue weighted by atomic mass is 16.4. The number of benzene rings is 1. The Bertz CT molecular complexity index is 804. The molecule has 0 unspecified atom stereocenters. The van der Waals surface area contributed by atoms with Gasteiger partial charge in [-0.25, -0.2) is 0 Å². The van der Waals surface area contributed by atoms with Crippen molar-refractivity contribution < 1.29 is 14.7 Å². The second-order valence-electron chi connectivity index (χ2n) is 6.88. The van der Waals surface area contributed by atoms with E-state index in [-0.39, 0.29) is 18.4 Å². The number of rotatable bonds is 4. The van der Waals surface area contributed by atoms with Crippen LogP contribution in [-0.2, 0) is 11.3 Å². The van der Waals surface area contributed by atoms with Crippen LogP contribution in [0.1, 0.15) is 15.9 Å². The molecule has 2 saturated heterocycles. The van der Waals surface area contributed by atoms with Crippen molar-refractivity contribution in [1.82, 2.24) is 20.0 Å². The van der Waals surface area contributed by atoms with Gasteiger partial charge in [0.05, 0.1) is 6.54 Å². The number of amides is 1. The third kappa shape index (κ3) is 2.70. The van der Waals surface area contributed by atoms with E-state index >= 15 is 0 Å². The molecule has 2 atom stereocenters. The van der Waals surface area contributed by atoms with Crippen LogP contribution in [0.5, 0.6) is 0 Å². The van der Waals surface area contributed by atoms with Crippen LogP contribution < -0.4 is 5.32 Å². The van der Waals surface area contributed by atoms with Gasteiger partial charge in [-0.2, -0.15) is 5.10 Å². The smallest absolute Gasteiger partial charge is 0.313 e. The van der Waals surface area contributed by atoms with Gasteiger partial charge in [0.15, 0.2) is 0 Å². The molecule has 0 radical (unpaired) electrons. The third-order valence-corrected chi connectivity index (χ3v) is 5.32.